The summed E-state index contributed by atoms with van der Waals surface area (Å²) in [5.74, 6) is -2.34. The first kappa shape index (κ1) is 9.81. The van der Waals surface area contributed by atoms with E-state index in [1.54, 1.807) is 13.8 Å². The summed E-state index contributed by atoms with van der Waals surface area (Å²) in [6.07, 6.45) is -0.368. The molecule has 11 heavy (non-hydrogen) atoms. The molecule has 0 atom stereocenters. The third-order valence-electron chi connectivity index (χ3n) is 1.25. The molecule has 0 heterocycles. The van der Waals surface area contributed by atoms with Crippen LogP contribution in [0.1, 0.15) is 20.3 Å². The Hall–Kier alpha value is -1.19. The molecule has 62 valence electrons. The van der Waals surface area contributed by atoms with E-state index in [1.165, 1.54) is 0 Å². The Bertz CT molecular complexity index is 196. The Morgan fingerprint density at radius 3 is 2.00 bits per heavy atom. The summed E-state index contributed by atoms with van der Waals surface area (Å²) >= 11 is 0. The first-order valence-electron chi connectivity index (χ1n) is 3.30. The highest BCUT2D eigenvalue weighted by Crippen LogP contribution is 1.98. The summed E-state index contributed by atoms with van der Waals surface area (Å²) in [4.78, 5) is 31.6. The van der Waals surface area contributed by atoms with E-state index in [-0.39, 0.29) is 18.1 Å². The summed E-state index contributed by atoms with van der Waals surface area (Å²) < 4.78 is 0. The molecule has 2 N–H and O–H groups in total. The van der Waals surface area contributed by atoms with Crippen LogP contribution in [0.2, 0.25) is 0 Å². The minimum absolute atomic E-state index is 0.224. The highest BCUT2D eigenvalue weighted by Gasteiger charge is 2.16. The van der Waals surface area contributed by atoms with Crippen LogP contribution >= 0.6 is 0 Å². The summed E-state index contributed by atoms with van der Waals surface area (Å²) in [6.45, 7) is 3.33. The molecule has 0 rings (SSSR count). The number of amides is 1. The molecule has 0 aliphatic rings. The monoisotopic (exact) mass is 157 g/mol. The molecule has 0 unspecified atom stereocenters. The van der Waals surface area contributed by atoms with Crippen molar-refractivity contribution in [1.29, 1.82) is 0 Å². The second kappa shape index (κ2) is 3.85. The quantitative estimate of drug-likeness (QED) is 0.447. The molecule has 0 aromatic heterocycles. The number of carbonyl (C=O) groups is 3. The summed E-state index contributed by atoms with van der Waals surface area (Å²) in [7, 11) is 0. The van der Waals surface area contributed by atoms with Crippen LogP contribution in [-0.2, 0) is 14.4 Å². The van der Waals surface area contributed by atoms with Crippen LogP contribution in [0.5, 0.6) is 0 Å². The van der Waals surface area contributed by atoms with Gasteiger partial charge in [-0.2, -0.15) is 0 Å². The highest BCUT2D eigenvalue weighted by atomic mass is 16.2. The van der Waals surface area contributed by atoms with Crippen LogP contribution in [0.3, 0.4) is 0 Å². The van der Waals surface area contributed by atoms with Crippen molar-refractivity contribution in [2.45, 2.75) is 20.3 Å². The minimum atomic E-state index is -1.04. The average Bonchev–Trinajstić information content (AvgIpc) is 1.87. The van der Waals surface area contributed by atoms with Crippen molar-refractivity contribution in [2.75, 3.05) is 0 Å². The first-order chi connectivity index (χ1) is 4.95. The van der Waals surface area contributed by atoms with Crippen LogP contribution in [0, 0.1) is 5.92 Å². The molecule has 0 radical (unpaired) electrons. The van der Waals surface area contributed by atoms with Gasteiger partial charge in [0.15, 0.2) is 0 Å². The van der Waals surface area contributed by atoms with E-state index in [9.17, 15) is 14.4 Å². The highest BCUT2D eigenvalue weighted by molar-refractivity contribution is 6.38. The van der Waals surface area contributed by atoms with Gasteiger partial charge in [0.2, 0.25) is 5.78 Å². The standard InChI is InChI=1S/C7H11NO3/c1-4(2)5(9)3-6(10)7(8)11/h4H,3H2,1-2H3,(H2,8,11). The van der Waals surface area contributed by atoms with Gasteiger partial charge in [0.1, 0.15) is 5.78 Å². The van der Waals surface area contributed by atoms with Gasteiger partial charge in [0, 0.05) is 5.92 Å². The van der Waals surface area contributed by atoms with Gasteiger partial charge in [-0.15, -0.1) is 0 Å². The molecule has 0 saturated heterocycles. The van der Waals surface area contributed by atoms with Crippen LogP contribution in [-0.4, -0.2) is 17.5 Å². The van der Waals surface area contributed by atoms with Gasteiger partial charge in [0.05, 0.1) is 6.42 Å². The van der Waals surface area contributed by atoms with E-state index in [4.69, 9.17) is 0 Å². The summed E-state index contributed by atoms with van der Waals surface area (Å²) in [6, 6.07) is 0. The number of nitrogens with two attached hydrogens (primary N) is 1. The predicted molar refractivity (Wildman–Crippen MR) is 38.7 cm³/mol. The fraction of sp³-hybridized carbons (Fsp3) is 0.571. The molecule has 0 aromatic rings. The maximum Gasteiger partial charge on any atom is 0.285 e. The van der Waals surface area contributed by atoms with E-state index in [2.05, 4.69) is 5.73 Å². The largest absolute Gasteiger partial charge is 0.363 e. The molecular formula is C7H11NO3. The second-order valence-corrected chi connectivity index (χ2v) is 2.59. The maximum atomic E-state index is 10.8. The summed E-state index contributed by atoms with van der Waals surface area (Å²) in [5.41, 5.74) is 4.64. The van der Waals surface area contributed by atoms with Crippen LogP contribution in [0.4, 0.5) is 0 Å². The molecule has 0 saturated carbocycles. The average molecular weight is 157 g/mol. The SMILES string of the molecule is CC(C)C(=O)CC(=O)C(N)=O. The van der Waals surface area contributed by atoms with Gasteiger partial charge in [-0.1, -0.05) is 13.8 Å². The molecule has 1 amide bonds. The van der Waals surface area contributed by atoms with Gasteiger partial charge in [-0.25, -0.2) is 0 Å². The summed E-state index contributed by atoms with van der Waals surface area (Å²) in [5, 5.41) is 0. The Balaban J connectivity index is 3.96. The number of hydrogen-bond donors (Lipinski definition) is 1. The van der Waals surface area contributed by atoms with Gasteiger partial charge in [0.25, 0.3) is 5.91 Å². The molecule has 4 nitrogen and oxygen atoms in total. The van der Waals surface area contributed by atoms with Gasteiger partial charge in [-0.3, -0.25) is 14.4 Å². The van der Waals surface area contributed by atoms with Gasteiger partial charge >= 0.3 is 0 Å². The fourth-order valence-corrected chi connectivity index (χ4v) is 0.449. The Kier molecular flexibility index (Phi) is 3.44. The number of rotatable bonds is 4. The number of ketones is 2. The van der Waals surface area contributed by atoms with Gasteiger partial charge in [-0.05, 0) is 0 Å². The lowest BCUT2D eigenvalue weighted by Crippen LogP contribution is -2.26. The molecule has 0 fully saturated rings. The lowest BCUT2D eigenvalue weighted by atomic mass is 10.0. The van der Waals surface area contributed by atoms with Crippen molar-refractivity contribution in [3.05, 3.63) is 0 Å². The molecule has 4 heteroatoms. The fourth-order valence-electron chi connectivity index (χ4n) is 0.449. The van der Waals surface area contributed by atoms with Crippen molar-refractivity contribution in [1.82, 2.24) is 0 Å². The molecule has 0 bridgehead atoms. The van der Waals surface area contributed by atoms with Crippen molar-refractivity contribution in [3.63, 3.8) is 0 Å². The zero-order valence-corrected chi connectivity index (χ0v) is 6.59. The van der Waals surface area contributed by atoms with Crippen molar-refractivity contribution < 1.29 is 14.4 Å². The lowest BCUT2D eigenvalue weighted by molar-refractivity contribution is -0.138. The van der Waals surface area contributed by atoms with Gasteiger partial charge < -0.3 is 5.73 Å². The third kappa shape index (κ3) is 3.50. The predicted octanol–water partition coefficient (Wildman–Crippen LogP) is -0.344. The van der Waals surface area contributed by atoms with Crippen LogP contribution in [0.25, 0.3) is 0 Å². The van der Waals surface area contributed by atoms with E-state index >= 15 is 0 Å². The number of carbonyl (C=O) groups excluding carboxylic acids is 3. The van der Waals surface area contributed by atoms with Crippen molar-refractivity contribution in [3.8, 4) is 0 Å². The zero-order valence-electron chi connectivity index (χ0n) is 6.59. The van der Waals surface area contributed by atoms with E-state index in [1.807, 2.05) is 0 Å². The Labute approximate surface area is 64.8 Å². The minimum Gasteiger partial charge on any atom is -0.363 e. The third-order valence-corrected chi connectivity index (χ3v) is 1.25. The molecule has 0 aliphatic carbocycles. The number of hydrogen-bond acceptors (Lipinski definition) is 3. The van der Waals surface area contributed by atoms with E-state index in [0.717, 1.165) is 0 Å². The Morgan fingerprint density at radius 2 is 1.73 bits per heavy atom. The smallest absolute Gasteiger partial charge is 0.285 e. The molecular weight excluding hydrogens is 146 g/mol. The van der Waals surface area contributed by atoms with E-state index < -0.39 is 11.7 Å². The van der Waals surface area contributed by atoms with Crippen molar-refractivity contribution >= 4 is 17.5 Å². The number of Topliss-reactive ketones (excluding diaryl/α,β-unsaturated/α-hetero) is 2. The lowest BCUT2D eigenvalue weighted by Gasteiger charge is -1.99. The van der Waals surface area contributed by atoms with Crippen LogP contribution < -0.4 is 5.73 Å². The molecule has 0 spiro atoms. The molecule has 0 aromatic carbocycles. The normalized spacial score (nSPS) is 9.73. The number of primary amides is 1. The van der Waals surface area contributed by atoms with Crippen molar-refractivity contribution in [2.24, 2.45) is 11.7 Å². The Morgan fingerprint density at radius 1 is 1.27 bits per heavy atom. The maximum absolute atomic E-state index is 10.8. The molecule has 0 aliphatic heterocycles. The first-order valence-corrected chi connectivity index (χ1v) is 3.30. The van der Waals surface area contributed by atoms with E-state index in [0.29, 0.717) is 0 Å². The zero-order chi connectivity index (χ0) is 9.02. The second-order valence-electron chi connectivity index (χ2n) is 2.59. The topological polar surface area (TPSA) is 77.2 Å². The van der Waals surface area contributed by atoms with Crippen LogP contribution in [0.15, 0.2) is 0 Å².